The highest BCUT2D eigenvalue weighted by molar-refractivity contribution is 14.1. The molecule has 0 fully saturated rings. The molecule has 0 atom stereocenters. The van der Waals surface area contributed by atoms with Crippen LogP contribution in [0, 0.1) is 16.3 Å². The van der Waals surface area contributed by atoms with Crippen LogP contribution in [-0.4, -0.2) is 4.98 Å². The first kappa shape index (κ1) is 10.1. The van der Waals surface area contributed by atoms with Crippen molar-refractivity contribution >= 4 is 45.1 Å². The Morgan fingerprint density at radius 1 is 1.43 bits per heavy atom. The quantitative estimate of drug-likeness (QED) is 0.670. The maximum atomic E-state index is 13.4. The van der Waals surface area contributed by atoms with E-state index in [-0.39, 0.29) is 5.82 Å². The van der Waals surface area contributed by atoms with Crippen LogP contribution in [0.25, 0.3) is 10.9 Å². The molecule has 0 spiro atoms. The lowest BCUT2D eigenvalue weighted by Crippen LogP contribution is -1.90. The molecule has 0 aliphatic rings. The Bertz CT molecular complexity index is 513. The lowest BCUT2D eigenvalue weighted by molar-refractivity contribution is 0.637. The fraction of sp³-hybridized carbons (Fsp3) is 0.100. The highest BCUT2D eigenvalue weighted by atomic mass is 127. The van der Waals surface area contributed by atoms with E-state index in [1.807, 2.05) is 6.92 Å². The zero-order valence-corrected chi connectivity index (χ0v) is 10.2. The Morgan fingerprint density at radius 3 is 2.86 bits per heavy atom. The first-order chi connectivity index (χ1) is 6.59. The molecular formula is C10H6ClFIN. The van der Waals surface area contributed by atoms with Gasteiger partial charge in [0.25, 0.3) is 0 Å². The second-order valence-corrected chi connectivity index (χ2v) is 4.61. The van der Waals surface area contributed by atoms with Crippen LogP contribution in [-0.2, 0) is 0 Å². The summed E-state index contributed by atoms with van der Waals surface area (Å²) in [5.41, 5.74) is 1.39. The third kappa shape index (κ3) is 1.59. The molecule has 0 amide bonds. The number of rotatable bonds is 0. The summed E-state index contributed by atoms with van der Waals surface area (Å²) in [6, 6.07) is 3.02. The van der Waals surface area contributed by atoms with Gasteiger partial charge in [0.2, 0.25) is 0 Å². The van der Waals surface area contributed by atoms with Crippen molar-refractivity contribution in [2.45, 2.75) is 6.92 Å². The summed E-state index contributed by atoms with van der Waals surface area (Å²) in [7, 11) is 0. The van der Waals surface area contributed by atoms with Crippen molar-refractivity contribution in [3.63, 3.8) is 0 Å². The van der Waals surface area contributed by atoms with E-state index in [1.165, 1.54) is 6.07 Å². The maximum absolute atomic E-state index is 13.4. The predicted molar refractivity (Wildman–Crippen MR) is 64.2 cm³/mol. The SMILES string of the molecule is Cc1c(I)cnc2c(F)cc(Cl)cc12. The van der Waals surface area contributed by atoms with Gasteiger partial charge in [0.1, 0.15) is 5.52 Å². The number of pyridine rings is 1. The van der Waals surface area contributed by atoms with Crippen LogP contribution in [0.3, 0.4) is 0 Å². The molecule has 0 saturated carbocycles. The van der Waals surface area contributed by atoms with Crippen molar-refractivity contribution in [2.24, 2.45) is 0 Å². The Kier molecular flexibility index (Phi) is 2.62. The first-order valence-corrected chi connectivity index (χ1v) is 5.45. The molecule has 4 heteroatoms. The molecule has 1 aromatic carbocycles. The summed E-state index contributed by atoms with van der Waals surface area (Å²) in [5, 5.41) is 1.18. The minimum absolute atomic E-state index is 0.369. The molecule has 1 aromatic heterocycles. The molecule has 0 aliphatic carbocycles. The molecule has 2 aromatic rings. The van der Waals surface area contributed by atoms with E-state index in [4.69, 9.17) is 11.6 Å². The van der Waals surface area contributed by atoms with Gasteiger partial charge in [-0.1, -0.05) is 11.6 Å². The van der Waals surface area contributed by atoms with Gasteiger partial charge in [0.05, 0.1) is 0 Å². The van der Waals surface area contributed by atoms with Crippen LogP contribution in [0.1, 0.15) is 5.56 Å². The highest BCUT2D eigenvalue weighted by Crippen LogP contribution is 2.26. The van der Waals surface area contributed by atoms with Crippen LogP contribution >= 0.6 is 34.2 Å². The van der Waals surface area contributed by atoms with Crippen LogP contribution in [0.5, 0.6) is 0 Å². The molecule has 2 rings (SSSR count). The molecule has 72 valence electrons. The van der Waals surface area contributed by atoms with Crippen LogP contribution in [0.15, 0.2) is 18.3 Å². The number of nitrogens with zero attached hydrogens (tertiary/aromatic N) is 1. The summed E-state index contributed by atoms with van der Waals surface area (Å²) in [4.78, 5) is 4.04. The zero-order chi connectivity index (χ0) is 10.3. The average Bonchev–Trinajstić information content (AvgIpc) is 2.12. The second kappa shape index (κ2) is 3.62. The van der Waals surface area contributed by atoms with Crippen LogP contribution in [0.2, 0.25) is 5.02 Å². The molecular weight excluding hydrogens is 315 g/mol. The zero-order valence-electron chi connectivity index (χ0n) is 7.31. The van der Waals surface area contributed by atoms with Crippen molar-refractivity contribution in [2.75, 3.05) is 0 Å². The lowest BCUT2D eigenvalue weighted by Gasteiger charge is -2.04. The molecule has 1 nitrogen and oxygen atoms in total. The lowest BCUT2D eigenvalue weighted by atomic mass is 10.1. The highest BCUT2D eigenvalue weighted by Gasteiger charge is 2.08. The Labute approximate surface area is 99.4 Å². The van der Waals surface area contributed by atoms with Gasteiger partial charge in [-0.2, -0.15) is 0 Å². The molecule has 0 radical (unpaired) electrons. The number of halogens is 3. The van der Waals surface area contributed by atoms with Crippen molar-refractivity contribution in [1.29, 1.82) is 0 Å². The molecule has 0 bridgehead atoms. The summed E-state index contributed by atoms with van der Waals surface area (Å²) in [6.45, 7) is 1.93. The van der Waals surface area contributed by atoms with Gasteiger partial charge in [0.15, 0.2) is 5.82 Å². The first-order valence-electron chi connectivity index (χ1n) is 3.99. The van der Waals surface area contributed by atoms with Gasteiger partial charge in [-0.15, -0.1) is 0 Å². The fourth-order valence-corrected chi connectivity index (χ4v) is 1.96. The fourth-order valence-electron chi connectivity index (χ4n) is 1.33. The summed E-state index contributed by atoms with van der Waals surface area (Å²) < 4.78 is 14.4. The van der Waals surface area contributed by atoms with Gasteiger partial charge in [-0.25, -0.2) is 4.39 Å². The Hall–Kier alpha value is -0.420. The maximum Gasteiger partial charge on any atom is 0.150 e. The number of hydrogen-bond donors (Lipinski definition) is 0. The van der Waals surface area contributed by atoms with E-state index in [0.29, 0.717) is 10.5 Å². The van der Waals surface area contributed by atoms with E-state index in [1.54, 1.807) is 12.3 Å². The number of aryl methyl sites for hydroxylation is 1. The van der Waals surface area contributed by atoms with Crippen LogP contribution < -0.4 is 0 Å². The number of hydrogen-bond acceptors (Lipinski definition) is 1. The van der Waals surface area contributed by atoms with E-state index in [9.17, 15) is 4.39 Å². The minimum atomic E-state index is -0.369. The van der Waals surface area contributed by atoms with E-state index >= 15 is 0 Å². The molecule has 0 saturated heterocycles. The minimum Gasteiger partial charge on any atom is -0.252 e. The van der Waals surface area contributed by atoms with Crippen LogP contribution in [0.4, 0.5) is 4.39 Å². The molecule has 0 N–H and O–H groups in total. The van der Waals surface area contributed by atoms with Crippen molar-refractivity contribution in [1.82, 2.24) is 4.98 Å². The molecule has 0 unspecified atom stereocenters. The van der Waals surface area contributed by atoms with Gasteiger partial charge in [0, 0.05) is 20.2 Å². The summed E-state index contributed by atoms with van der Waals surface area (Å²) >= 11 is 7.95. The molecule has 0 aliphatic heterocycles. The Morgan fingerprint density at radius 2 is 2.14 bits per heavy atom. The number of fused-ring (bicyclic) bond motifs is 1. The van der Waals surface area contributed by atoms with Gasteiger partial charge >= 0.3 is 0 Å². The van der Waals surface area contributed by atoms with Crippen molar-refractivity contribution in [3.05, 3.63) is 38.3 Å². The van der Waals surface area contributed by atoms with Gasteiger partial charge in [-0.05, 0) is 47.2 Å². The van der Waals surface area contributed by atoms with Gasteiger partial charge in [-0.3, -0.25) is 4.98 Å². The topological polar surface area (TPSA) is 12.9 Å². The van der Waals surface area contributed by atoms with Crippen molar-refractivity contribution < 1.29 is 4.39 Å². The van der Waals surface area contributed by atoms with E-state index in [0.717, 1.165) is 14.5 Å². The smallest absolute Gasteiger partial charge is 0.150 e. The van der Waals surface area contributed by atoms with Gasteiger partial charge < -0.3 is 0 Å². The third-order valence-electron chi connectivity index (χ3n) is 2.10. The average molecular weight is 322 g/mol. The summed E-state index contributed by atoms with van der Waals surface area (Å²) in [5.74, 6) is -0.369. The van der Waals surface area contributed by atoms with Crippen molar-refractivity contribution in [3.8, 4) is 0 Å². The molecule has 1 heterocycles. The van der Waals surface area contributed by atoms with E-state index < -0.39 is 0 Å². The number of aromatic nitrogens is 1. The normalized spacial score (nSPS) is 10.9. The monoisotopic (exact) mass is 321 g/mol. The largest absolute Gasteiger partial charge is 0.252 e. The van der Waals surface area contributed by atoms with E-state index in [2.05, 4.69) is 27.6 Å². The number of benzene rings is 1. The standard InChI is InChI=1S/C10H6ClFIN/c1-5-7-2-6(11)3-8(12)10(7)14-4-9(5)13/h2-4H,1H3. The molecule has 14 heavy (non-hydrogen) atoms. The Balaban J connectivity index is 2.95. The second-order valence-electron chi connectivity index (χ2n) is 3.01. The summed E-state index contributed by atoms with van der Waals surface area (Å²) in [6.07, 6.45) is 1.66. The predicted octanol–water partition coefficient (Wildman–Crippen LogP) is 3.94. The third-order valence-corrected chi connectivity index (χ3v) is 3.40.